The summed E-state index contributed by atoms with van der Waals surface area (Å²) in [5, 5.41) is 3.24. The van der Waals surface area contributed by atoms with Crippen LogP contribution in [-0.4, -0.2) is 29.6 Å². The summed E-state index contributed by atoms with van der Waals surface area (Å²) in [5.74, 6) is 0.858. The summed E-state index contributed by atoms with van der Waals surface area (Å²) in [6.07, 6.45) is 2.02. The van der Waals surface area contributed by atoms with E-state index in [-0.39, 0.29) is 11.9 Å². The summed E-state index contributed by atoms with van der Waals surface area (Å²) >= 11 is 0. The van der Waals surface area contributed by atoms with Crippen molar-refractivity contribution in [2.24, 2.45) is 5.92 Å². The first-order chi connectivity index (χ1) is 6.61. The van der Waals surface area contributed by atoms with Gasteiger partial charge in [-0.15, -0.1) is 0 Å². The third-order valence-electron chi connectivity index (χ3n) is 3.46. The van der Waals surface area contributed by atoms with Gasteiger partial charge in [-0.2, -0.15) is 0 Å². The maximum absolute atomic E-state index is 11.9. The molecule has 3 heteroatoms. The van der Waals surface area contributed by atoms with Crippen molar-refractivity contribution in [2.75, 3.05) is 6.67 Å². The summed E-state index contributed by atoms with van der Waals surface area (Å²) in [5.41, 5.74) is 0. The van der Waals surface area contributed by atoms with Crippen LogP contribution >= 0.6 is 0 Å². The molecule has 0 aromatic heterocycles. The summed E-state index contributed by atoms with van der Waals surface area (Å²) in [6, 6.07) is 0.415. The number of carbonyl (C=O) groups is 1. The minimum absolute atomic E-state index is 0.0570. The van der Waals surface area contributed by atoms with Crippen molar-refractivity contribution in [1.29, 1.82) is 0 Å². The number of hydrogen-bond donors (Lipinski definition) is 1. The molecule has 1 heterocycles. The maximum Gasteiger partial charge on any atom is 0.241 e. The molecule has 0 bridgehead atoms. The van der Waals surface area contributed by atoms with E-state index in [9.17, 15) is 4.79 Å². The highest BCUT2D eigenvalue weighted by Gasteiger charge is 2.33. The third-order valence-corrected chi connectivity index (χ3v) is 3.46. The second kappa shape index (κ2) is 4.78. The van der Waals surface area contributed by atoms with E-state index >= 15 is 0 Å². The van der Waals surface area contributed by atoms with Crippen molar-refractivity contribution in [3.63, 3.8) is 0 Å². The first-order valence-corrected chi connectivity index (χ1v) is 5.65. The fourth-order valence-corrected chi connectivity index (χ4v) is 1.89. The van der Waals surface area contributed by atoms with E-state index in [0.29, 0.717) is 12.0 Å². The zero-order valence-electron chi connectivity index (χ0n) is 9.71. The molecule has 0 aliphatic carbocycles. The van der Waals surface area contributed by atoms with Crippen LogP contribution < -0.4 is 5.32 Å². The molecule has 3 atom stereocenters. The molecule has 14 heavy (non-hydrogen) atoms. The molecule has 1 saturated heterocycles. The molecule has 0 spiro atoms. The molecular formula is C11H22N2O. The summed E-state index contributed by atoms with van der Waals surface area (Å²) < 4.78 is 0. The second-order valence-electron chi connectivity index (χ2n) is 4.26. The van der Waals surface area contributed by atoms with Gasteiger partial charge >= 0.3 is 0 Å². The molecule has 82 valence electrons. The van der Waals surface area contributed by atoms with Crippen LogP contribution in [0.2, 0.25) is 0 Å². The van der Waals surface area contributed by atoms with Crippen molar-refractivity contribution in [3.05, 3.63) is 0 Å². The molecule has 1 aliphatic heterocycles. The largest absolute Gasteiger partial charge is 0.326 e. The molecule has 1 N–H and O–H groups in total. The van der Waals surface area contributed by atoms with Gasteiger partial charge in [0.05, 0.1) is 12.7 Å². The Bertz CT molecular complexity index is 205. The lowest BCUT2D eigenvalue weighted by Gasteiger charge is -2.28. The van der Waals surface area contributed by atoms with E-state index in [1.54, 1.807) is 0 Å². The molecule has 0 saturated carbocycles. The maximum atomic E-state index is 11.9. The van der Waals surface area contributed by atoms with E-state index in [2.05, 4.69) is 26.1 Å². The highest BCUT2D eigenvalue weighted by Crippen LogP contribution is 2.18. The number of amides is 1. The molecule has 1 rings (SSSR count). The molecule has 0 aromatic carbocycles. The zero-order chi connectivity index (χ0) is 10.7. The van der Waals surface area contributed by atoms with Crippen LogP contribution in [0.1, 0.15) is 40.5 Å². The Morgan fingerprint density at radius 3 is 2.57 bits per heavy atom. The SMILES string of the molecule is CCC1NCN(C(C)C(C)CC)C1=O. The Morgan fingerprint density at radius 2 is 2.14 bits per heavy atom. The van der Waals surface area contributed by atoms with Crippen LogP contribution in [0.5, 0.6) is 0 Å². The van der Waals surface area contributed by atoms with Crippen molar-refractivity contribution >= 4 is 5.91 Å². The average Bonchev–Trinajstić information content (AvgIpc) is 2.57. The summed E-state index contributed by atoms with van der Waals surface area (Å²) in [4.78, 5) is 13.8. The average molecular weight is 198 g/mol. The van der Waals surface area contributed by atoms with Gasteiger partial charge < -0.3 is 4.90 Å². The standard InChI is InChI=1S/C11H22N2O/c1-5-8(3)9(4)13-7-12-10(6-2)11(13)14/h8-10,12H,5-7H2,1-4H3. The lowest BCUT2D eigenvalue weighted by Crippen LogP contribution is -2.40. The number of hydrogen-bond acceptors (Lipinski definition) is 2. The van der Waals surface area contributed by atoms with E-state index < -0.39 is 0 Å². The van der Waals surface area contributed by atoms with Gasteiger partial charge in [-0.1, -0.05) is 27.2 Å². The lowest BCUT2D eigenvalue weighted by atomic mass is 9.99. The molecule has 1 fully saturated rings. The van der Waals surface area contributed by atoms with Crippen LogP contribution in [0.25, 0.3) is 0 Å². The Labute approximate surface area is 86.9 Å². The van der Waals surface area contributed by atoms with E-state index in [4.69, 9.17) is 0 Å². The molecule has 1 aliphatic rings. The van der Waals surface area contributed by atoms with Crippen LogP contribution in [0, 0.1) is 5.92 Å². The Morgan fingerprint density at radius 1 is 1.50 bits per heavy atom. The number of nitrogens with one attached hydrogen (secondary N) is 1. The molecule has 0 aromatic rings. The number of nitrogens with zero attached hydrogens (tertiary/aromatic N) is 1. The van der Waals surface area contributed by atoms with Crippen LogP contribution in [-0.2, 0) is 4.79 Å². The Kier molecular flexibility index (Phi) is 3.93. The van der Waals surface area contributed by atoms with Crippen molar-refractivity contribution in [1.82, 2.24) is 10.2 Å². The van der Waals surface area contributed by atoms with Gasteiger partial charge in [0.15, 0.2) is 0 Å². The van der Waals surface area contributed by atoms with Gasteiger partial charge in [0.1, 0.15) is 0 Å². The summed E-state index contributed by atoms with van der Waals surface area (Å²) in [6.45, 7) is 9.30. The fourth-order valence-electron chi connectivity index (χ4n) is 1.89. The van der Waals surface area contributed by atoms with Crippen LogP contribution in [0.4, 0.5) is 0 Å². The van der Waals surface area contributed by atoms with Crippen molar-refractivity contribution in [3.8, 4) is 0 Å². The monoisotopic (exact) mass is 198 g/mol. The van der Waals surface area contributed by atoms with Gasteiger partial charge in [-0.05, 0) is 19.3 Å². The minimum atomic E-state index is 0.0570. The number of carbonyl (C=O) groups excluding carboxylic acids is 1. The predicted octanol–water partition coefficient (Wildman–Crippen LogP) is 1.59. The minimum Gasteiger partial charge on any atom is -0.326 e. The fraction of sp³-hybridized carbons (Fsp3) is 0.909. The highest BCUT2D eigenvalue weighted by atomic mass is 16.2. The molecular weight excluding hydrogens is 176 g/mol. The Balaban J connectivity index is 2.58. The van der Waals surface area contributed by atoms with Gasteiger partial charge in [0.25, 0.3) is 0 Å². The van der Waals surface area contributed by atoms with Crippen molar-refractivity contribution < 1.29 is 4.79 Å². The molecule has 3 unspecified atom stereocenters. The van der Waals surface area contributed by atoms with Crippen LogP contribution in [0.15, 0.2) is 0 Å². The van der Waals surface area contributed by atoms with Crippen LogP contribution in [0.3, 0.4) is 0 Å². The van der Waals surface area contributed by atoms with Gasteiger partial charge in [0.2, 0.25) is 5.91 Å². The molecule has 1 amide bonds. The van der Waals surface area contributed by atoms with Gasteiger partial charge in [0, 0.05) is 6.04 Å². The normalized spacial score (nSPS) is 26.7. The molecule has 3 nitrogen and oxygen atoms in total. The zero-order valence-corrected chi connectivity index (χ0v) is 9.71. The smallest absolute Gasteiger partial charge is 0.241 e. The summed E-state index contributed by atoms with van der Waals surface area (Å²) in [7, 11) is 0. The third kappa shape index (κ3) is 2.08. The second-order valence-corrected chi connectivity index (χ2v) is 4.26. The first-order valence-electron chi connectivity index (χ1n) is 5.65. The van der Waals surface area contributed by atoms with Crippen molar-refractivity contribution in [2.45, 2.75) is 52.6 Å². The topological polar surface area (TPSA) is 32.3 Å². The lowest BCUT2D eigenvalue weighted by molar-refractivity contribution is -0.131. The first kappa shape index (κ1) is 11.5. The Hall–Kier alpha value is -0.570. The van der Waals surface area contributed by atoms with E-state index in [1.165, 1.54) is 0 Å². The molecule has 0 radical (unpaired) electrons. The number of rotatable bonds is 4. The van der Waals surface area contributed by atoms with Gasteiger partial charge in [-0.25, -0.2) is 0 Å². The quantitative estimate of drug-likeness (QED) is 0.744. The van der Waals surface area contributed by atoms with E-state index in [0.717, 1.165) is 19.5 Å². The van der Waals surface area contributed by atoms with Gasteiger partial charge in [-0.3, -0.25) is 10.1 Å². The van der Waals surface area contributed by atoms with E-state index in [1.807, 2.05) is 11.8 Å². The highest BCUT2D eigenvalue weighted by molar-refractivity contribution is 5.83. The predicted molar refractivity (Wildman–Crippen MR) is 57.8 cm³/mol.